The van der Waals surface area contributed by atoms with Gasteiger partial charge in [0.15, 0.2) is 0 Å². The molecule has 0 amide bonds. The number of carboxylic acid groups (broad SMARTS) is 1. The van der Waals surface area contributed by atoms with Crippen LogP contribution >= 0.6 is 0 Å². The molecule has 92 valence electrons. The predicted octanol–water partition coefficient (Wildman–Crippen LogP) is 2.62. The Labute approximate surface area is 101 Å². The average Bonchev–Trinajstić information content (AvgIpc) is 2.50. The first-order valence-electron chi connectivity index (χ1n) is 5.84. The minimum Gasteiger partial charge on any atom is -0.497 e. The van der Waals surface area contributed by atoms with Crippen molar-refractivity contribution in [3.63, 3.8) is 0 Å². The van der Waals surface area contributed by atoms with E-state index in [0.717, 1.165) is 12.2 Å². The van der Waals surface area contributed by atoms with Gasteiger partial charge in [0, 0.05) is 6.42 Å². The Hall–Kier alpha value is -1.51. The molecular formula is C14H18O3. The number of aliphatic carboxylic acids is 1. The maximum absolute atomic E-state index is 10.9. The van der Waals surface area contributed by atoms with Crippen LogP contribution in [0.3, 0.4) is 0 Å². The number of hydrogen-bond acceptors (Lipinski definition) is 2. The van der Waals surface area contributed by atoms with Crippen LogP contribution in [-0.4, -0.2) is 18.2 Å². The van der Waals surface area contributed by atoms with Crippen molar-refractivity contribution in [1.82, 2.24) is 0 Å². The zero-order valence-electron chi connectivity index (χ0n) is 10.5. The number of carbonyl (C=O) groups is 1. The summed E-state index contributed by atoms with van der Waals surface area (Å²) in [7, 11) is 1.65. The lowest BCUT2D eigenvalue weighted by molar-refractivity contribution is -0.138. The van der Waals surface area contributed by atoms with Gasteiger partial charge in [0.25, 0.3) is 0 Å². The molecule has 0 spiro atoms. The van der Waals surface area contributed by atoms with Gasteiger partial charge < -0.3 is 9.84 Å². The van der Waals surface area contributed by atoms with Crippen LogP contribution < -0.4 is 4.74 Å². The molecule has 1 aliphatic rings. The van der Waals surface area contributed by atoms with Crippen molar-refractivity contribution in [1.29, 1.82) is 0 Å². The summed E-state index contributed by atoms with van der Waals surface area (Å²) in [4.78, 5) is 10.9. The van der Waals surface area contributed by atoms with Crippen LogP contribution in [0.5, 0.6) is 5.75 Å². The van der Waals surface area contributed by atoms with E-state index in [0.29, 0.717) is 0 Å². The molecule has 0 fully saturated rings. The van der Waals surface area contributed by atoms with Gasteiger partial charge in [0.1, 0.15) is 5.75 Å². The molecule has 3 heteroatoms. The van der Waals surface area contributed by atoms with E-state index in [1.165, 1.54) is 11.1 Å². The minimum atomic E-state index is -0.720. The molecule has 1 aromatic carbocycles. The average molecular weight is 234 g/mol. The van der Waals surface area contributed by atoms with E-state index in [1.54, 1.807) is 7.11 Å². The fraction of sp³-hybridized carbons (Fsp3) is 0.500. The van der Waals surface area contributed by atoms with Gasteiger partial charge in [-0.2, -0.15) is 0 Å². The second kappa shape index (κ2) is 4.06. The zero-order chi connectivity index (χ0) is 12.6. The molecule has 0 aromatic heterocycles. The topological polar surface area (TPSA) is 46.5 Å². The zero-order valence-corrected chi connectivity index (χ0v) is 10.5. The summed E-state index contributed by atoms with van der Waals surface area (Å²) in [6.45, 7) is 4.23. The van der Waals surface area contributed by atoms with Gasteiger partial charge in [-0.05, 0) is 41.0 Å². The Morgan fingerprint density at radius 3 is 2.82 bits per heavy atom. The molecule has 1 atom stereocenters. The molecule has 0 saturated carbocycles. The molecule has 1 N–H and O–H groups in total. The molecule has 0 aliphatic heterocycles. The summed E-state index contributed by atoms with van der Waals surface area (Å²) in [5.41, 5.74) is 2.38. The summed E-state index contributed by atoms with van der Waals surface area (Å²) in [6.07, 6.45) is 1.07. The van der Waals surface area contributed by atoms with Gasteiger partial charge in [0.2, 0.25) is 0 Å². The summed E-state index contributed by atoms with van der Waals surface area (Å²) in [5.74, 6) is 0.290. The third-order valence-corrected chi connectivity index (χ3v) is 3.92. The van der Waals surface area contributed by atoms with Crippen molar-refractivity contribution in [3.8, 4) is 5.75 Å². The highest BCUT2D eigenvalue weighted by atomic mass is 16.5. The number of rotatable bonds is 3. The number of hydrogen-bond donors (Lipinski definition) is 1. The molecule has 0 saturated heterocycles. The largest absolute Gasteiger partial charge is 0.497 e. The van der Waals surface area contributed by atoms with Crippen LogP contribution in [0, 0.1) is 5.92 Å². The third-order valence-electron chi connectivity index (χ3n) is 3.92. The quantitative estimate of drug-likeness (QED) is 0.874. The van der Waals surface area contributed by atoms with Crippen LogP contribution in [0.15, 0.2) is 18.2 Å². The predicted molar refractivity (Wildman–Crippen MR) is 65.5 cm³/mol. The normalized spacial score (nSPS) is 21.0. The first kappa shape index (κ1) is 12.0. The SMILES string of the molecule is COc1ccc2c(c1)C(C)(C)C(CC(=O)O)C2. The maximum Gasteiger partial charge on any atom is 0.303 e. The summed E-state index contributed by atoms with van der Waals surface area (Å²) >= 11 is 0. The third kappa shape index (κ3) is 2.02. The molecule has 1 unspecified atom stereocenters. The minimum absolute atomic E-state index is 0.0950. The summed E-state index contributed by atoms with van der Waals surface area (Å²) < 4.78 is 5.23. The van der Waals surface area contributed by atoms with E-state index >= 15 is 0 Å². The smallest absolute Gasteiger partial charge is 0.303 e. The highest BCUT2D eigenvalue weighted by molar-refractivity contribution is 5.68. The van der Waals surface area contributed by atoms with Crippen LogP contribution in [0.25, 0.3) is 0 Å². The number of benzene rings is 1. The monoisotopic (exact) mass is 234 g/mol. The lowest BCUT2D eigenvalue weighted by Gasteiger charge is -2.27. The molecule has 1 aliphatic carbocycles. The molecule has 0 heterocycles. The standard InChI is InChI=1S/C14H18O3/c1-14(2)10(7-13(15)16)6-9-4-5-11(17-3)8-12(9)14/h4-5,8,10H,6-7H2,1-3H3,(H,15,16). The Balaban J connectivity index is 2.36. The molecule has 0 radical (unpaired) electrons. The Morgan fingerprint density at radius 1 is 1.53 bits per heavy atom. The van der Waals surface area contributed by atoms with Gasteiger partial charge in [-0.3, -0.25) is 4.79 Å². The van der Waals surface area contributed by atoms with E-state index in [2.05, 4.69) is 19.9 Å². The second-order valence-corrected chi connectivity index (χ2v) is 5.24. The van der Waals surface area contributed by atoms with Crippen molar-refractivity contribution in [2.75, 3.05) is 7.11 Å². The van der Waals surface area contributed by atoms with E-state index in [4.69, 9.17) is 9.84 Å². The van der Waals surface area contributed by atoms with Crippen LogP contribution in [-0.2, 0) is 16.6 Å². The van der Waals surface area contributed by atoms with Crippen molar-refractivity contribution < 1.29 is 14.6 Å². The number of ether oxygens (including phenoxy) is 1. The van der Waals surface area contributed by atoms with Gasteiger partial charge in [-0.15, -0.1) is 0 Å². The molecule has 0 bridgehead atoms. The summed E-state index contributed by atoms with van der Waals surface area (Å²) in [6, 6.07) is 6.03. The number of methoxy groups -OCH3 is 1. The van der Waals surface area contributed by atoms with Crippen molar-refractivity contribution >= 4 is 5.97 Å². The molecular weight excluding hydrogens is 216 g/mol. The fourth-order valence-electron chi connectivity index (χ4n) is 2.74. The van der Waals surface area contributed by atoms with Crippen LogP contribution in [0.2, 0.25) is 0 Å². The van der Waals surface area contributed by atoms with Crippen molar-refractivity contribution in [2.45, 2.75) is 32.1 Å². The number of carboxylic acids is 1. The molecule has 1 aromatic rings. The highest BCUT2D eigenvalue weighted by Gasteiger charge is 2.40. The van der Waals surface area contributed by atoms with Crippen LogP contribution in [0.4, 0.5) is 0 Å². The fourth-order valence-corrected chi connectivity index (χ4v) is 2.74. The molecule has 2 rings (SSSR count). The van der Waals surface area contributed by atoms with Crippen LogP contribution in [0.1, 0.15) is 31.4 Å². The molecule has 3 nitrogen and oxygen atoms in total. The van der Waals surface area contributed by atoms with Crippen molar-refractivity contribution in [3.05, 3.63) is 29.3 Å². The Morgan fingerprint density at radius 2 is 2.24 bits per heavy atom. The van der Waals surface area contributed by atoms with Gasteiger partial charge in [-0.1, -0.05) is 19.9 Å². The second-order valence-electron chi connectivity index (χ2n) is 5.24. The van der Waals surface area contributed by atoms with E-state index < -0.39 is 5.97 Å². The maximum atomic E-state index is 10.9. The van der Waals surface area contributed by atoms with Crippen molar-refractivity contribution in [2.24, 2.45) is 5.92 Å². The first-order chi connectivity index (χ1) is 7.95. The van der Waals surface area contributed by atoms with E-state index in [1.807, 2.05) is 12.1 Å². The van der Waals surface area contributed by atoms with Gasteiger partial charge in [-0.25, -0.2) is 0 Å². The Kier molecular flexibility index (Phi) is 2.86. The van der Waals surface area contributed by atoms with E-state index in [9.17, 15) is 4.79 Å². The lowest BCUT2D eigenvalue weighted by Crippen LogP contribution is -2.26. The van der Waals surface area contributed by atoms with Gasteiger partial charge >= 0.3 is 5.97 Å². The Bertz CT molecular complexity index is 449. The lowest BCUT2D eigenvalue weighted by atomic mass is 9.77. The summed E-state index contributed by atoms with van der Waals surface area (Å²) in [5, 5.41) is 8.96. The highest BCUT2D eigenvalue weighted by Crippen LogP contribution is 2.45. The first-order valence-corrected chi connectivity index (χ1v) is 5.84. The molecule has 17 heavy (non-hydrogen) atoms. The number of fused-ring (bicyclic) bond motifs is 1. The van der Waals surface area contributed by atoms with E-state index in [-0.39, 0.29) is 17.8 Å². The van der Waals surface area contributed by atoms with Gasteiger partial charge in [0.05, 0.1) is 7.11 Å².